The van der Waals surface area contributed by atoms with E-state index in [4.69, 9.17) is 27.4 Å². The molecule has 0 aromatic carbocycles. The molecule has 0 aromatic heterocycles. The van der Waals surface area contributed by atoms with Gasteiger partial charge in [0.05, 0.1) is 0 Å². The monoisotopic (exact) mass is 277 g/mol. The Labute approximate surface area is 114 Å². The number of carboxylic acid groups (broad SMARTS) is 2. The lowest BCUT2D eigenvalue weighted by Crippen LogP contribution is -2.45. The normalized spacial score (nSPS) is 16.5. The van der Waals surface area contributed by atoms with Crippen molar-refractivity contribution in [2.75, 3.05) is 6.54 Å². The Morgan fingerprint density at radius 2 is 1.37 bits per heavy atom. The number of hydrogen-bond donors (Lipinski definition) is 5. The maximum absolute atomic E-state index is 10.4. The van der Waals surface area contributed by atoms with Crippen molar-refractivity contribution in [3.05, 3.63) is 0 Å². The van der Waals surface area contributed by atoms with Gasteiger partial charge in [0.2, 0.25) is 0 Å². The second kappa shape index (κ2) is 8.84. The molecule has 114 valence electrons. The predicted molar refractivity (Wildman–Crippen MR) is 73.7 cm³/mol. The van der Waals surface area contributed by atoms with Gasteiger partial charge in [0.1, 0.15) is 11.1 Å². The minimum absolute atomic E-state index is 0.429. The van der Waals surface area contributed by atoms with E-state index in [9.17, 15) is 9.59 Å². The van der Waals surface area contributed by atoms with Crippen LogP contribution in [0.4, 0.5) is 0 Å². The molecule has 0 saturated carbocycles. The Hall–Kier alpha value is -1.18. The highest BCUT2D eigenvalue weighted by molar-refractivity contribution is 5.78. The fourth-order valence-electron chi connectivity index (χ4n) is 1.20. The molecule has 0 aliphatic carbocycles. The summed E-state index contributed by atoms with van der Waals surface area (Å²) in [7, 11) is 0. The molecule has 0 spiro atoms. The minimum atomic E-state index is -1.11. The molecule has 0 bridgehead atoms. The van der Waals surface area contributed by atoms with Crippen LogP contribution >= 0.6 is 0 Å². The van der Waals surface area contributed by atoms with Crippen molar-refractivity contribution < 1.29 is 19.8 Å². The van der Waals surface area contributed by atoms with Gasteiger partial charge >= 0.3 is 11.9 Å². The highest BCUT2D eigenvalue weighted by atomic mass is 16.4. The lowest BCUT2D eigenvalue weighted by molar-refractivity contribution is -0.143. The molecule has 7 heteroatoms. The van der Waals surface area contributed by atoms with E-state index in [-0.39, 0.29) is 0 Å². The van der Waals surface area contributed by atoms with Crippen LogP contribution in [0.3, 0.4) is 0 Å². The van der Waals surface area contributed by atoms with Crippen LogP contribution in [0.1, 0.15) is 46.5 Å². The van der Waals surface area contributed by atoms with Crippen molar-refractivity contribution in [1.29, 1.82) is 0 Å². The van der Waals surface area contributed by atoms with Crippen LogP contribution in [0.5, 0.6) is 0 Å². The highest BCUT2D eigenvalue weighted by Crippen LogP contribution is 2.07. The zero-order valence-electron chi connectivity index (χ0n) is 12.0. The number of hydrogen-bond acceptors (Lipinski definition) is 5. The van der Waals surface area contributed by atoms with Crippen molar-refractivity contribution in [3.8, 4) is 0 Å². The highest BCUT2D eigenvalue weighted by Gasteiger charge is 2.26. The van der Waals surface area contributed by atoms with E-state index in [1.807, 2.05) is 6.92 Å². The average Bonchev–Trinajstić information content (AvgIpc) is 2.27. The van der Waals surface area contributed by atoms with E-state index in [2.05, 4.69) is 0 Å². The number of aliphatic carboxylic acids is 2. The molecule has 0 saturated heterocycles. The molecule has 0 aliphatic heterocycles. The van der Waals surface area contributed by atoms with E-state index >= 15 is 0 Å². The fourth-order valence-corrected chi connectivity index (χ4v) is 1.20. The second-order valence-corrected chi connectivity index (χ2v) is 5.09. The molecule has 0 amide bonds. The summed E-state index contributed by atoms with van der Waals surface area (Å²) in [6.45, 7) is 5.41. The van der Waals surface area contributed by atoms with Gasteiger partial charge in [-0.1, -0.05) is 13.3 Å². The number of carbonyl (C=O) groups is 2. The average molecular weight is 277 g/mol. The van der Waals surface area contributed by atoms with E-state index < -0.39 is 23.0 Å². The first kappa shape index (κ1) is 20.1. The van der Waals surface area contributed by atoms with Crippen LogP contribution in [-0.2, 0) is 9.59 Å². The van der Waals surface area contributed by atoms with Gasteiger partial charge in [0.15, 0.2) is 0 Å². The summed E-state index contributed by atoms with van der Waals surface area (Å²) in [6.07, 6.45) is 2.42. The van der Waals surface area contributed by atoms with Gasteiger partial charge in [-0.05, 0) is 39.7 Å². The molecule has 2 atom stereocenters. The molecule has 8 N–H and O–H groups in total. The van der Waals surface area contributed by atoms with E-state index in [1.165, 1.54) is 13.8 Å². The van der Waals surface area contributed by atoms with Crippen LogP contribution in [0.25, 0.3) is 0 Å². The maximum Gasteiger partial charge on any atom is 0.323 e. The van der Waals surface area contributed by atoms with E-state index in [0.717, 1.165) is 6.42 Å². The third-order valence-electron chi connectivity index (χ3n) is 2.65. The van der Waals surface area contributed by atoms with Crippen molar-refractivity contribution in [2.24, 2.45) is 17.2 Å². The van der Waals surface area contributed by atoms with E-state index in [0.29, 0.717) is 25.8 Å². The fraction of sp³-hybridized carbons (Fsp3) is 0.833. The first-order chi connectivity index (χ1) is 8.51. The van der Waals surface area contributed by atoms with Gasteiger partial charge in [0, 0.05) is 0 Å². The lowest BCUT2D eigenvalue weighted by atomic mass is 9.98. The lowest BCUT2D eigenvalue weighted by Gasteiger charge is -2.17. The summed E-state index contributed by atoms with van der Waals surface area (Å²) < 4.78 is 0. The zero-order chi connectivity index (χ0) is 15.7. The Morgan fingerprint density at radius 1 is 1.00 bits per heavy atom. The molecule has 0 aliphatic rings. The largest absolute Gasteiger partial charge is 0.480 e. The molecular formula is C12H27N3O4. The van der Waals surface area contributed by atoms with Crippen molar-refractivity contribution >= 4 is 11.9 Å². The third-order valence-corrected chi connectivity index (χ3v) is 2.65. The van der Waals surface area contributed by atoms with Gasteiger partial charge in [-0.15, -0.1) is 0 Å². The molecule has 7 nitrogen and oxygen atoms in total. The molecule has 19 heavy (non-hydrogen) atoms. The summed E-state index contributed by atoms with van der Waals surface area (Å²) in [6, 6.07) is 0. The second-order valence-electron chi connectivity index (χ2n) is 5.09. The van der Waals surface area contributed by atoms with Gasteiger partial charge in [-0.2, -0.15) is 0 Å². The van der Waals surface area contributed by atoms with Gasteiger partial charge in [-0.3, -0.25) is 9.59 Å². The molecular weight excluding hydrogens is 250 g/mol. The van der Waals surface area contributed by atoms with Gasteiger partial charge < -0.3 is 27.4 Å². The number of rotatable bonds is 7. The number of nitrogens with two attached hydrogens (primary N) is 3. The van der Waals surface area contributed by atoms with Gasteiger partial charge in [0.25, 0.3) is 0 Å². The van der Waals surface area contributed by atoms with Crippen LogP contribution in [-0.4, -0.2) is 39.8 Å². The topological polar surface area (TPSA) is 153 Å². The number of carboxylic acids is 2. The van der Waals surface area contributed by atoms with Crippen LogP contribution < -0.4 is 17.2 Å². The van der Waals surface area contributed by atoms with E-state index in [1.54, 1.807) is 0 Å². The van der Waals surface area contributed by atoms with Crippen LogP contribution in [0.2, 0.25) is 0 Å². The molecule has 0 radical (unpaired) electrons. The standard InChI is InChI=1S/C6H14N2O2.C6H13NO2/c1-6(8,5(9)10)3-2-4-7;1-3-4-6(2,7)5(8)9/h2-4,7-8H2,1H3,(H,9,10);3-4,7H2,1-2H3,(H,8,9)/t2*6-/m00/s1. The molecule has 0 aromatic rings. The zero-order valence-corrected chi connectivity index (χ0v) is 12.0. The summed E-state index contributed by atoms with van der Waals surface area (Å²) >= 11 is 0. The molecule has 0 rings (SSSR count). The summed E-state index contributed by atoms with van der Waals surface area (Å²) in [5.74, 6) is -1.90. The Balaban J connectivity index is 0. The van der Waals surface area contributed by atoms with Gasteiger partial charge in [-0.25, -0.2) is 0 Å². The summed E-state index contributed by atoms with van der Waals surface area (Å²) in [5.41, 5.74) is 13.8. The third kappa shape index (κ3) is 9.40. The Kier molecular flexibility index (Phi) is 9.37. The molecule has 0 heterocycles. The smallest absolute Gasteiger partial charge is 0.323 e. The van der Waals surface area contributed by atoms with Crippen molar-refractivity contribution in [2.45, 2.75) is 57.5 Å². The first-order valence-electron chi connectivity index (χ1n) is 6.26. The molecule has 0 unspecified atom stereocenters. The molecule has 0 fully saturated rings. The van der Waals surface area contributed by atoms with Crippen LogP contribution in [0.15, 0.2) is 0 Å². The summed E-state index contributed by atoms with van der Waals surface area (Å²) in [4.78, 5) is 20.6. The summed E-state index contributed by atoms with van der Waals surface area (Å²) in [5, 5.41) is 16.9. The SMILES string of the molecule is CCC[C@](C)(N)C(=O)O.C[C@](N)(CCCN)C(=O)O. The quantitative estimate of drug-likeness (QED) is 0.443. The Bertz CT molecular complexity index is 291. The van der Waals surface area contributed by atoms with Crippen molar-refractivity contribution in [3.63, 3.8) is 0 Å². The predicted octanol–water partition coefficient (Wildman–Crippen LogP) is 0.116. The first-order valence-corrected chi connectivity index (χ1v) is 6.26. The maximum atomic E-state index is 10.4. The Morgan fingerprint density at radius 3 is 1.58 bits per heavy atom. The van der Waals surface area contributed by atoms with Crippen LogP contribution in [0, 0.1) is 0 Å². The minimum Gasteiger partial charge on any atom is -0.480 e. The van der Waals surface area contributed by atoms with Crippen molar-refractivity contribution in [1.82, 2.24) is 0 Å².